The van der Waals surface area contributed by atoms with Crippen molar-refractivity contribution in [3.8, 4) is 22.3 Å². The summed E-state index contributed by atoms with van der Waals surface area (Å²) in [6, 6.07) is 7.39. The number of nitrogens with zero attached hydrogens (tertiary/aromatic N) is 2. The second kappa shape index (κ2) is 6.94. The number of fused-ring (bicyclic) bond motifs is 3. The maximum absolute atomic E-state index is 14.4. The van der Waals surface area contributed by atoms with Gasteiger partial charge in [-0.25, -0.2) is 4.39 Å². The van der Waals surface area contributed by atoms with Gasteiger partial charge in [0.15, 0.2) is 0 Å². The first-order valence-corrected chi connectivity index (χ1v) is 9.10. The van der Waals surface area contributed by atoms with Gasteiger partial charge in [0, 0.05) is 35.9 Å². The average Bonchev–Trinajstić information content (AvgIpc) is 3.23. The molecule has 0 spiro atoms. The number of alkyl halides is 3. The van der Waals surface area contributed by atoms with Crippen molar-refractivity contribution in [3.63, 3.8) is 0 Å². The van der Waals surface area contributed by atoms with E-state index in [1.165, 1.54) is 35.3 Å². The van der Waals surface area contributed by atoms with E-state index in [4.69, 9.17) is 5.11 Å². The Morgan fingerprint density at radius 1 is 1.13 bits per heavy atom. The zero-order chi connectivity index (χ0) is 21.7. The monoisotopic (exact) mass is 420 g/mol. The van der Waals surface area contributed by atoms with Crippen molar-refractivity contribution in [2.45, 2.75) is 31.2 Å². The number of halogens is 4. The Balaban J connectivity index is 1.86. The Kier molecular flexibility index (Phi) is 4.65. The van der Waals surface area contributed by atoms with Gasteiger partial charge in [0.2, 0.25) is 5.60 Å². The molecule has 1 aliphatic rings. The van der Waals surface area contributed by atoms with Crippen molar-refractivity contribution in [2.75, 3.05) is 0 Å². The zero-order valence-corrected chi connectivity index (χ0v) is 15.4. The van der Waals surface area contributed by atoms with E-state index in [0.717, 1.165) is 6.07 Å². The van der Waals surface area contributed by atoms with E-state index in [0.29, 0.717) is 18.1 Å². The zero-order valence-electron chi connectivity index (χ0n) is 15.4. The molecule has 156 valence electrons. The SMILES string of the molecule is O=C(O)CCCn1cc(-c2cc(F)cc3c2-c2ccccc2[C@]3(O)C(F)(F)F)cn1. The van der Waals surface area contributed by atoms with Crippen LogP contribution in [-0.4, -0.2) is 32.1 Å². The molecule has 0 fully saturated rings. The number of rotatable bonds is 5. The lowest BCUT2D eigenvalue weighted by Gasteiger charge is -2.28. The van der Waals surface area contributed by atoms with E-state index in [-0.39, 0.29) is 35.2 Å². The fourth-order valence-electron chi connectivity index (χ4n) is 3.89. The summed E-state index contributed by atoms with van der Waals surface area (Å²) >= 11 is 0. The van der Waals surface area contributed by atoms with Gasteiger partial charge >= 0.3 is 12.1 Å². The third-order valence-corrected chi connectivity index (χ3v) is 5.21. The predicted octanol–water partition coefficient (Wildman–Crippen LogP) is 4.33. The fraction of sp³-hybridized carbons (Fsp3) is 0.238. The molecule has 4 rings (SSSR count). The highest BCUT2D eigenvalue weighted by molar-refractivity contribution is 5.92. The van der Waals surface area contributed by atoms with Crippen LogP contribution in [0.25, 0.3) is 22.3 Å². The molecule has 0 saturated carbocycles. The van der Waals surface area contributed by atoms with E-state index in [1.54, 1.807) is 6.07 Å². The molecule has 5 nitrogen and oxygen atoms in total. The second-order valence-electron chi connectivity index (χ2n) is 7.12. The third kappa shape index (κ3) is 3.06. The summed E-state index contributed by atoms with van der Waals surface area (Å²) in [5.74, 6) is -1.87. The van der Waals surface area contributed by atoms with E-state index in [9.17, 15) is 27.5 Å². The quantitative estimate of drug-likeness (QED) is 0.603. The molecule has 3 aromatic rings. The van der Waals surface area contributed by atoms with E-state index < -0.39 is 29.1 Å². The Morgan fingerprint density at radius 2 is 1.87 bits per heavy atom. The van der Waals surface area contributed by atoms with Gasteiger partial charge < -0.3 is 10.2 Å². The molecular weight excluding hydrogens is 404 g/mol. The molecule has 0 unspecified atom stereocenters. The summed E-state index contributed by atoms with van der Waals surface area (Å²) in [6.45, 7) is 0.285. The molecular formula is C21H16F4N2O3. The van der Waals surface area contributed by atoms with Crippen LogP contribution in [0.15, 0.2) is 48.8 Å². The third-order valence-electron chi connectivity index (χ3n) is 5.21. The molecule has 1 aliphatic carbocycles. The highest BCUT2D eigenvalue weighted by Crippen LogP contribution is 2.57. The van der Waals surface area contributed by atoms with E-state index in [1.807, 2.05) is 0 Å². The van der Waals surface area contributed by atoms with Crippen LogP contribution < -0.4 is 0 Å². The Labute approximate surface area is 168 Å². The number of hydrogen-bond donors (Lipinski definition) is 2. The minimum absolute atomic E-state index is 0.0590. The molecule has 2 aromatic carbocycles. The van der Waals surface area contributed by atoms with Crippen LogP contribution >= 0.6 is 0 Å². The van der Waals surface area contributed by atoms with E-state index >= 15 is 0 Å². The highest BCUT2D eigenvalue weighted by Gasteiger charge is 2.61. The normalized spacial score (nSPS) is 17.6. The lowest BCUT2D eigenvalue weighted by molar-refractivity contribution is -0.246. The molecule has 0 amide bonds. The molecule has 2 N–H and O–H groups in total. The van der Waals surface area contributed by atoms with Gasteiger partial charge in [-0.15, -0.1) is 0 Å². The number of aliphatic carboxylic acids is 1. The number of carboxylic acids is 1. The van der Waals surface area contributed by atoms with Crippen LogP contribution in [0.2, 0.25) is 0 Å². The summed E-state index contributed by atoms with van der Waals surface area (Å²) in [5.41, 5.74) is -3.45. The maximum Gasteiger partial charge on any atom is 0.425 e. The van der Waals surface area contributed by atoms with Gasteiger partial charge in [0.25, 0.3) is 0 Å². The second-order valence-corrected chi connectivity index (χ2v) is 7.12. The number of carbonyl (C=O) groups is 1. The first-order chi connectivity index (χ1) is 14.1. The molecule has 1 aromatic heterocycles. The highest BCUT2D eigenvalue weighted by atomic mass is 19.4. The maximum atomic E-state index is 14.4. The van der Waals surface area contributed by atoms with Crippen LogP contribution in [-0.2, 0) is 16.9 Å². The largest absolute Gasteiger partial charge is 0.481 e. The van der Waals surface area contributed by atoms with Crippen molar-refractivity contribution in [1.82, 2.24) is 9.78 Å². The van der Waals surface area contributed by atoms with Crippen LogP contribution in [0.4, 0.5) is 17.6 Å². The van der Waals surface area contributed by atoms with Crippen molar-refractivity contribution < 1.29 is 32.6 Å². The van der Waals surface area contributed by atoms with Gasteiger partial charge in [0.05, 0.1) is 6.20 Å². The molecule has 1 heterocycles. The predicted molar refractivity (Wildman–Crippen MR) is 99.0 cm³/mol. The Hall–Kier alpha value is -3.20. The number of hydrogen-bond acceptors (Lipinski definition) is 3. The van der Waals surface area contributed by atoms with Gasteiger partial charge in [-0.05, 0) is 35.2 Å². The van der Waals surface area contributed by atoms with E-state index in [2.05, 4.69) is 5.10 Å². The summed E-state index contributed by atoms with van der Waals surface area (Å²) in [5, 5.41) is 23.6. The summed E-state index contributed by atoms with van der Waals surface area (Å²) in [7, 11) is 0. The van der Waals surface area contributed by atoms with Crippen molar-refractivity contribution in [1.29, 1.82) is 0 Å². The summed E-state index contributed by atoms with van der Waals surface area (Å²) < 4.78 is 57.7. The number of benzene rings is 2. The van der Waals surface area contributed by atoms with Crippen LogP contribution in [0.1, 0.15) is 24.0 Å². The number of aromatic nitrogens is 2. The molecule has 30 heavy (non-hydrogen) atoms. The van der Waals surface area contributed by atoms with Gasteiger partial charge in [-0.1, -0.05) is 24.3 Å². The molecule has 0 bridgehead atoms. The molecule has 0 aliphatic heterocycles. The Morgan fingerprint density at radius 3 is 2.57 bits per heavy atom. The summed E-state index contributed by atoms with van der Waals surface area (Å²) in [6.07, 6.45) is -1.90. The lowest BCUT2D eigenvalue weighted by atomic mass is 9.89. The van der Waals surface area contributed by atoms with Crippen molar-refractivity contribution in [2.24, 2.45) is 0 Å². The standard InChI is InChI=1S/C21H16F4N2O3/c22-13-8-15(12-10-26-27(11-12)7-3-6-18(28)29)19-14-4-1-2-5-16(14)20(30,17(19)9-13)21(23,24)25/h1-2,4-5,8-11,30H,3,6-7H2,(H,28,29)/t20-/m1/s1. The lowest BCUT2D eigenvalue weighted by Crippen LogP contribution is -2.41. The molecule has 1 atom stereocenters. The summed E-state index contributed by atoms with van der Waals surface area (Å²) in [4.78, 5) is 10.7. The first-order valence-electron chi connectivity index (χ1n) is 9.10. The van der Waals surface area contributed by atoms with Crippen molar-refractivity contribution in [3.05, 3.63) is 65.7 Å². The first kappa shape index (κ1) is 20.1. The Bertz CT molecular complexity index is 1140. The van der Waals surface area contributed by atoms with Gasteiger partial charge in [0.1, 0.15) is 5.82 Å². The topological polar surface area (TPSA) is 75.3 Å². The van der Waals surface area contributed by atoms with Crippen molar-refractivity contribution >= 4 is 5.97 Å². The van der Waals surface area contributed by atoms with Crippen LogP contribution in [0.3, 0.4) is 0 Å². The minimum Gasteiger partial charge on any atom is -0.481 e. The van der Waals surface area contributed by atoms with Crippen LogP contribution in [0, 0.1) is 5.82 Å². The van der Waals surface area contributed by atoms with Gasteiger partial charge in [-0.2, -0.15) is 18.3 Å². The number of aryl methyl sites for hydroxylation is 1. The number of carboxylic acid groups (broad SMARTS) is 1. The minimum atomic E-state index is -5.06. The number of aliphatic hydroxyl groups is 1. The molecule has 0 radical (unpaired) electrons. The van der Waals surface area contributed by atoms with Gasteiger partial charge in [-0.3, -0.25) is 9.48 Å². The fourth-order valence-corrected chi connectivity index (χ4v) is 3.89. The average molecular weight is 420 g/mol. The smallest absolute Gasteiger partial charge is 0.425 e. The molecule has 0 saturated heterocycles. The van der Waals surface area contributed by atoms with Crippen LogP contribution in [0.5, 0.6) is 0 Å². The molecule has 9 heteroatoms.